The number of carbonyl (C=O) groups excluding carboxylic acids is 5. The second kappa shape index (κ2) is 21.8. The van der Waals surface area contributed by atoms with E-state index < -0.39 is 71.8 Å². The first-order valence-electron chi connectivity index (χ1n) is 19.4. The summed E-state index contributed by atoms with van der Waals surface area (Å²) in [6.45, 7) is 7.18. The normalized spacial score (nSPS) is 14.3. The van der Waals surface area contributed by atoms with Crippen LogP contribution in [0.3, 0.4) is 0 Å². The highest BCUT2D eigenvalue weighted by atomic mass is 16.6. The molecule has 3 aromatic rings. The molecule has 0 aliphatic carbocycles. The third-order valence-corrected chi connectivity index (χ3v) is 10.5. The Morgan fingerprint density at radius 1 is 0.638 bits per heavy atom. The molecule has 58 heavy (non-hydrogen) atoms. The molecule has 14 heteroatoms. The standard InChI is InChI=1S/C44H60N4O10/c1-11-28(4)39(58-44(55)36(46(5)6)25-31-16-22-34(56-9)23-17-31)40(51)45-38(27(2)3)42(53)47(7)35(24-29-12-18-32(49)19-13-29)41(52)48(8)37(43(54)57-10)26-30-14-20-33(50)21-15-30/h12-23,27-28,35-39,49-50H,11,24-26H2,1-10H3,(H,45,51)/t28-,35-,36+,37+,38-,39-/m0/s1. The number of aromatic hydroxyl groups is 2. The number of hydrogen-bond acceptors (Lipinski definition) is 11. The maximum absolute atomic E-state index is 14.5. The van der Waals surface area contributed by atoms with Crippen molar-refractivity contribution in [2.75, 3.05) is 42.4 Å². The lowest BCUT2D eigenvalue weighted by molar-refractivity contribution is -0.164. The van der Waals surface area contributed by atoms with Crippen LogP contribution in [0, 0.1) is 11.8 Å². The van der Waals surface area contributed by atoms with E-state index in [9.17, 15) is 34.2 Å². The molecule has 0 spiro atoms. The van der Waals surface area contributed by atoms with Crippen LogP contribution in [0.2, 0.25) is 0 Å². The van der Waals surface area contributed by atoms with E-state index >= 15 is 0 Å². The second-order valence-corrected chi connectivity index (χ2v) is 15.2. The minimum atomic E-state index is -1.23. The summed E-state index contributed by atoms with van der Waals surface area (Å²) >= 11 is 0. The first-order valence-corrected chi connectivity index (χ1v) is 19.4. The van der Waals surface area contributed by atoms with Crippen molar-refractivity contribution in [3.05, 3.63) is 89.5 Å². The maximum atomic E-state index is 14.5. The average Bonchev–Trinajstić information content (AvgIpc) is 3.21. The Balaban J connectivity index is 1.92. The summed E-state index contributed by atoms with van der Waals surface area (Å²) in [6, 6.07) is 15.6. The number of nitrogens with one attached hydrogen (secondary N) is 1. The van der Waals surface area contributed by atoms with E-state index in [4.69, 9.17) is 14.2 Å². The van der Waals surface area contributed by atoms with Gasteiger partial charge < -0.3 is 39.5 Å². The van der Waals surface area contributed by atoms with Gasteiger partial charge in [-0.15, -0.1) is 0 Å². The molecule has 0 aliphatic rings. The lowest BCUT2D eigenvalue weighted by atomic mass is 9.96. The van der Waals surface area contributed by atoms with Crippen LogP contribution in [0.4, 0.5) is 0 Å². The van der Waals surface area contributed by atoms with Crippen LogP contribution in [0.25, 0.3) is 0 Å². The number of hydrogen-bond donors (Lipinski definition) is 3. The summed E-state index contributed by atoms with van der Waals surface area (Å²) in [4.78, 5) is 74.2. The molecule has 0 heterocycles. The number of nitrogens with zero attached hydrogens (tertiary/aromatic N) is 3. The second-order valence-electron chi connectivity index (χ2n) is 15.2. The number of phenolic OH excluding ortho intramolecular Hbond substituents is 2. The molecule has 0 fully saturated rings. The Morgan fingerprint density at radius 2 is 1.09 bits per heavy atom. The average molecular weight is 805 g/mol. The number of likely N-dealkylation sites (N-methyl/N-ethyl adjacent to an activating group) is 3. The van der Waals surface area contributed by atoms with Crippen molar-refractivity contribution in [1.29, 1.82) is 0 Å². The van der Waals surface area contributed by atoms with Gasteiger partial charge in [-0.05, 0) is 85.9 Å². The summed E-state index contributed by atoms with van der Waals surface area (Å²) in [6.07, 6.45) is -0.341. The van der Waals surface area contributed by atoms with E-state index in [1.165, 1.54) is 55.3 Å². The fourth-order valence-electron chi connectivity index (χ4n) is 6.43. The van der Waals surface area contributed by atoms with Gasteiger partial charge in [-0.3, -0.25) is 24.1 Å². The zero-order chi connectivity index (χ0) is 43.3. The van der Waals surface area contributed by atoms with Gasteiger partial charge >= 0.3 is 11.9 Å². The minimum Gasteiger partial charge on any atom is -0.508 e. The predicted octanol–water partition coefficient (Wildman–Crippen LogP) is 3.99. The molecule has 3 amide bonds. The lowest BCUT2D eigenvalue weighted by Crippen LogP contribution is -2.59. The fraction of sp³-hybridized carbons (Fsp3) is 0.477. The maximum Gasteiger partial charge on any atom is 0.328 e. The van der Waals surface area contributed by atoms with Crippen molar-refractivity contribution in [2.45, 2.75) is 83.6 Å². The molecule has 0 aromatic heterocycles. The van der Waals surface area contributed by atoms with E-state index in [2.05, 4.69) is 5.32 Å². The molecule has 3 N–H and O–H groups in total. The number of benzene rings is 3. The van der Waals surface area contributed by atoms with Crippen molar-refractivity contribution in [2.24, 2.45) is 11.8 Å². The van der Waals surface area contributed by atoms with Crippen LogP contribution in [0.5, 0.6) is 17.2 Å². The van der Waals surface area contributed by atoms with Gasteiger partial charge in [0.15, 0.2) is 6.10 Å². The first kappa shape index (κ1) is 46.8. The summed E-state index contributed by atoms with van der Waals surface area (Å²) in [5.74, 6) is -3.22. The SMILES string of the molecule is CC[C@H](C)[C@H](OC(=O)[C@@H](Cc1ccc(OC)cc1)N(C)C)C(=O)N[C@H](C(=O)N(C)[C@@H](Cc1ccc(O)cc1)C(=O)N(C)[C@H](Cc1ccc(O)cc1)C(=O)OC)C(C)C. The monoisotopic (exact) mass is 804 g/mol. The van der Waals surface area contributed by atoms with Crippen LogP contribution in [0.15, 0.2) is 72.8 Å². The molecule has 0 aliphatic heterocycles. The van der Waals surface area contributed by atoms with E-state index in [-0.39, 0.29) is 24.3 Å². The van der Waals surface area contributed by atoms with Gasteiger partial charge in [-0.2, -0.15) is 0 Å². The molecule has 0 radical (unpaired) electrons. The Kier molecular flexibility index (Phi) is 17.5. The Morgan fingerprint density at radius 3 is 1.52 bits per heavy atom. The van der Waals surface area contributed by atoms with Gasteiger partial charge in [0.05, 0.1) is 14.2 Å². The molecule has 0 saturated carbocycles. The molecule has 0 unspecified atom stereocenters. The highest BCUT2D eigenvalue weighted by Gasteiger charge is 2.40. The number of amides is 3. The van der Waals surface area contributed by atoms with Gasteiger partial charge in [0.1, 0.15) is 41.4 Å². The molecule has 3 rings (SSSR count). The number of carbonyl (C=O) groups is 5. The van der Waals surface area contributed by atoms with Gasteiger partial charge in [0.25, 0.3) is 5.91 Å². The number of rotatable bonds is 20. The third kappa shape index (κ3) is 12.7. The van der Waals surface area contributed by atoms with Gasteiger partial charge in [0.2, 0.25) is 11.8 Å². The summed E-state index contributed by atoms with van der Waals surface area (Å²) in [5.41, 5.74) is 2.15. The Bertz CT molecular complexity index is 1820. The molecular weight excluding hydrogens is 745 g/mol. The highest BCUT2D eigenvalue weighted by molar-refractivity contribution is 5.95. The molecule has 0 saturated heterocycles. The Labute approximate surface area is 342 Å². The van der Waals surface area contributed by atoms with Crippen molar-refractivity contribution in [3.63, 3.8) is 0 Å². The van der Waals surface area contributed by atoms with E-state index in [1.54, 1.807) is 83.3 Å². The number of esters is 2. The molecule has 316 valence electrons. The summed E-state index contributed by atoms with van der Waals surface area (Å²) in [7, 11) is 9.21. The lowest BCUT2D eigenvalue weighted by Gasteiger charge is -2.36. The molecule has 6 atom stereocenters. The van der Waals surface area contributed by atoms with Gasteiger partial charge in [0, 0.05) is 32.9 Å². The van der Waals surface area contributed by atoms with E-state index in [0.717, 1.165) is 5.56 Å². The van der Waals surface area contributed by atoms with Crippen molar-refractivity contribution in [3.8, 4) is 17.2 Å². The first-order chi connectivity index (χ1) is 27.4. The molecule has 0 bridgehead atoms. The largest absolute Gasteiger partial charge is 0.508 e. The van der Waals surface area contributed by atoms with Crippen LogP contribution in [0.1, 0.15) is 50.8 Å². The topological polar surface area (TPSA) is 175 Å². The predicted molar refractivity (Wildman–Crippen MR) is 219 cm³/mol. The Hall–Kier alpha value is -5.63. The van der Waals surface area contributed by atoms with E-state index in [0.29, 0.717) is 29.7 Å². The number of ether oxygens (including phenoxy) is 3. The summed E-state index contributed by atoms with van der Waals surface area (Å²) in [5, 5.41) is 22.6. The molecular formula is C44H60N4O10. The van der Waals surface area contributed by atoms with Crippen molar-refractivity contribution in [1.82, 2.24) is 20.0 Å². The molecule has 14 nitrogen and oxygen atoms in total. The zero-order valence-electron chi connectivity index (χ0n) is 35.3. The fourth-order valence-corrected chi connectivity index (χ4v) is 6.43. The number of methoxy groups -OCH3 is 2. The summed E-state index contributed by atoms with van der Waals surface area (Å²) < 4.78 is 16.3. The van der Waals surface area contributed by atoms with Crippen LogP contribution < -0.4 is 10.1 Å². The smallest absolute Gasteiger partial charge is 0.328 e. The minimum absolute atomic E-state index is 0.00475. The van der Waals surface area contributed by atoms with Crippen molar-refractivity contribution >= 4 is 29.7 Å². The third-order valence-electron chi connectivity index (χ3n) is 10.5. The number of phenols is 2. The van der Waals surface area contributed by atoms with Crippen LogP contribution in [-0.2, 0) is 52.7 Å². The van der Waals surface area contributed by atoms with Crippen LogP contribution >= 0.6 is 0 Å². The highest BCUT2D eigenvalue weighted by Crippen LogP contribution is 2.22. The van der Waals surface area contributed by atoms with Crippen molar-refractivity contribution < 1.29 is 48.4 Å². The van der Waals surface area contributed by atoms with Gasteiger partial charge in [-0.25, -0.2) is 4.79 Å². The quantitative estimate of drug-likeness (QED) is 0.141. The van der Waals surface area contributed by atoms with Crippen LogP contribution in [-0.4, -0.2) is 127 Å². The zero-order valence-corrected chi connectivity index (χ0v) is 35.3. The van der Waals surface area contributed by atoms with E-state index in [1.807, 2.05) is 19.1 Å². The molecule has 3 aromatic carbocycles. The van der Waals surface area contributed by atoms with Gasteiger partial charge in [-0.1, -0.05) is 64.1 Å².